The van der Waals surface area contributed by atoms with E-state index in [0.717, 1.165) is 0 Å². The van der Waals surface area contributed by atoms with Gasteiger partial charge in [0.05, 0.1) is 40.4 Å². The second-order valence-electron chi connectivity index (χ2n) is 7.89. The Bertz CT molecular complexity index is 1310. The molecule has 0 saturated heterocycles. The zero-order valence-electron chi connectivity index (χ0n) is 20.2. The lowest BCUT2D eigenvalue weighted by molar-refractivity contribution is -0.140. The van der Waals surface area contributed by atoms with E-state index < -0.39 is 11.9 Å². The molecule has 3 aromatic rings. The molecule has 0 aliphatic carbocycles. The van der Waals surface area contributed by atoms with Crippen molar-refractivity contribution in [1.82, 2.24) is 4.98 Å². The number of methoxy groups -OCH3 is 4. The Balaban J connectivity index is 1.81. The molecule has 0 spiro atoms. The number of allylic oxidation sites excluding steroid dienone is 1. The van der Waals surface area contributed by atoms with Crippen LogP contribution in [-0.2, 0) is 9.53 Å². The number of Topliss-reactive ketones (excluding diaryl/α,β-unsaturated/α-hetero) is 1. The number of esters is 1. The number of ketones is 1. The van der Waals surface area contributed by atoms with E-state index in [1.165, 1.54) is 40.6 Å². The molecule has 1 aromatic heterocycles. The molecule has 0 radical (unpaired) electrons. The van der Waals surface area contributed by atoms with Crippen LogP contribution in [0.25, 0.3) is 6.08 Å². The number of aromatic hydroxyl groups is 1. The lowest BCUT2D eigenvalue weighted by Crippen LogP contribution is -2.11. The van der Waals surface area contributed by atoms with Crippen LogP contribution in [0.5, 0.6) is 28.7 Å². The third kappa shape index (κ3) is 4.55. The molecule has 1 atom stereocenters. The molecule has 0 fully saturated rings. The SMILES string of the molecule is COC(=O)C[C@@H](c1cccnc1)c1c(O)ccc2c1O/C(=C\c1cc(OC)c(OC)c(OC)c1)C2=O. The summed E-state index contributed by atoms with van der Waals surface area (Å²) in [4.78, 5) is 29.6. The van der Waals surface area contributed by atoms with E-state index in [1.54, 1.807) is 42.7 Å². The number of rotatable bonds is 8. The average Bonchev–Trinajstić information content (AvgIpc) is 3.21. The van der Waals surface area contributed by atoms with Crippen LogP contribution in [0.1, 0.15) is 39.4 Å². The van der Waals surface area contributed by atoms with Crippen molar-refractivity contribution in [1.29, 1.82) is 0 Å². The molecule has 0 saturated carbocycles. The van der Waals surface area contributed by atoms with Crippen LogP contribution in [0, 0.1) is 0 Å². The van der Waals surface area contributed by atoms with Gasteiger partial charge in [0.1, 0.15) is 11.5 Å². The van der Waals surface area contributed by atoms with Gasteiger partial charge in [-0.15, -0.1) is 0 Å². The van der Waals surface area contributed by atoms with E-state index >= 15 is 0 Å². The topological polar surface area (TPSA) is 113 Å². The summed E-state index contributed by atoms with van der Waals surface area (Å²) in [5.74, 6) is -0.174. The maximum Gasteiger partial charge on any atom is 0.306 e. The number of aromatic nitrogens is 1. The molecule has 186 valence electrons. The van der Waals surface area contributed by atoms with Crippen molar-refractivity contribution in [2.75, 3.05) is 28.4 Å². The highest BCUT2D eigenvalue weighted by Gasteiger charge is 2.35. The molecule has 2 aromatic carbocycles. The highest BCUT2D eigenvalue weighted by Crippen LogP contribution is 2.47. The van der Waals surface area contributed by atoms with Gasteiger partial charge in [0, 0.05) is 23.9 Å². The van der Waals surface area contributed by atoms with Gasteiger partial charge in [0.15, 0.2) is 17.3 Å². The monoisotopic (exact) mass is 491 g/mol. The van der Waals surface area contributed by atoms with Gasteiger partial charge >= 0.3 is 5.97 Å². The highest BCUT2D eigenvalue weighted by atomic mass is 16.5. The maximum atomic E-state index is 13.3. The summed E-state index contributed by atoms with van der Waals surface area (Å²) in [6, 6.07) is 9.78. The number of pyridine rings is 1. The number of hydrogen-bond donors (Lipinski definition) is 1. The van der Waals surface area contributed by atoms with Crippen LogP contribution in [-0.4, -0.2) is 50.3 Å². The van der Waals surface area contributed by atoms with Crippen molar-refractivity contribution in [3.8, 4) is 28.7 Å². The van der Waals surface area contributed by atoms with Crippen molar-refractivity contribution < 1.29 is 38.4 Å². The molecule has 0 bridgehead atoms. The number of carbonyl (C=O) groups excluding carboxylic acids is 2. The molecule has 9 heteroatoms. The van der Waals surface area contributed by atoms with Gasteiger partial charge in [-0.05, 0) is 47.5 Å². The number of benzene rings is 2. The number of hydrogen-bond acceptors (Lipinski definition) is 9. The predicted octanol–water partition coefficient (Wildman–Crippen LogP) is 4.12. The quantitative estimate of drug-likeness (QED) is 0.367. The molecule has 1 aliphatic heterocycles. The van der Waals surface area contributed by atoms with Gasteiger partial charge in [-0.25, -0.2) is 0 Å². The predicted molar refractivity (Wildman–Crippen MR) is 130 cm³/mol. The number of phenols is 1. The van der Waals surface area contributed by atoms with E-state index in [-0.39, 0.29) is 35.0 Å². The summed E-state index contributed by atoms with van der Waals surface area (Å²) in [6.45, 7) is 0. The van der Waals surface area contributed by atoms with Gasteiger partial charge < -0.3 is 28.8 Å². The molecular weight excluding hydrogens is 466 g/mol. The minimum Gasteiger partial charge on any atom is -0.508 e. The molecule has 2 heterocycles. The number of nitrogens with zero attached hydrogens (tertiary/aromatic N) is 1. The fraction of sp³-hybridized carbons (Fsp3) is 0.222. The lowest BCUT2D eigenvalue weighted by Gasteiger charge is -2.20. The highest BCUT2D eigenvalue weighted by molar-refractivity contribution is 6.15. The van der Waals surface area contributed by atoms with Gasteiger partial charge in [0.2, 0.25) is 11.5 Å². The first-order valence-electron chi connectivity index (χ1n) is 11.0. The minimum atomic E-state index is -0.658. The summed E-state index contributed by atoms with van der Waals surface area (Å²) >= 11 is 0. The maximum absolute atomic E-state index is 13.3. The molecule has 36 heavy (non-hydrogen) atoms. The van der Waals surface area contributed by atoms with E-state index in [4.69, 9.17) is 23.7 Å². The van der Waals surface area contributed by atoms with Crippen molar-refractivity contribution in [2.24, 2.45) is 0 Å². The molecular formula is C27H25NO8. The molecule has 9 nitrogen and oxygen atoms in total. The number of phenolic OH excluding ortho intramolecular Hbond substituents is 1. The molecule has 1 aliphatic rings. The standard InChI is InChI=1S/C27H25NO8/c1-32-21-11-15(12-22(33-2)27(21)35-4)10-20-25(31)17-7-8-19(29)24(26(17)36-20)18(13-23(30)34-3)16-6-5-9-28-14-16/h5-12,14,18,29H,13H2,1-4H3/b20-10-/t18-/m0/s1. The van der Waals surface area contributed by atoms with Gasteiger partial charge in [-0.1, -0.05) is 6.07 Å². The Morgan fingerprint density at radius 1 is 1.08 bits per heavy atom. The van der Waals surface area contributed by atoms with Crippen molar-refractivity contribution in [2.45, 2.75) is 12.3 Å². The summed E-state index contributed by atoms with van der Waals surface area (Å²) in [5.41, 5.74) is 1.79. The van der Waals surface area contributed by atoms with Gasteiger partial charge in [-0.3, -0.25) is 14.6 Å². The van der Waals surface area contributed by atoms with Crippen LogP contribution in [0.2, 0.25) is 0 Å². The first-order chi connectivity index (χ1) is 17.4. The van der Waals surface area contributed by atoms with Crippen molar-refractivity contribution >= 4 is 17.8 Å². The van der Waals surface area contributed by atoms with E-state index in [0.29, 0.717) is 33.9 Å². The lowest BCUT2D eigenvalue weighted by atomic mass is 9.87. The second-order valence-corrected chi connectivity index (χ2v) is 7.89. The Morgan fingerprint density at radius 3 is 2.39 bits per heavy atom. The Labute approximate surface area is 207 Å². The van der Waals surface area contributed by atoms with Crippen LogP contribution in [0.15, 0.2) is 54.6 Å². The number of fused-ring (bicyclic) bond motifs is 1. The van der Waals surface area contributed by atoms with Crippen molar-refractivity contribution in [3.63, 3.8) is 0 Å². The Morgan fingerprint density at radius 2 is 1.81 bits per heavy atom. The van der Waals surface area contributed by atoms with E-state index in [9.17, 15) is 14.7 Å². The summed E-state index contributed by atoms with van der Waals surface area (Å²) in [5, 5.41) is 10.8. The Hall–Kier alpha value is -4.53. The second kappa shape index (κ2) is 10.4. The fourth-order valence-corrected chi connectivity index (χ4v) is 4.15. The molecule has 0 amide bonds. The van der Waals surface area contributed by atoms with Crippen LogP contribution in [0.3, 0.4) is 0 Å². The van der Waals surface area contributed by atoms with Gasteiger partial charge in [-0.2, -0.15) is 0 Å². The van der Waals surface area contributed by atoms with E-state index in [1.807, 2.05) is 0 Å². The van der Waals surface area contributed by atoms with Crippen LogP contribution in [0.4, 0.5) is 0 Å². The number of ether oxygens (including phenoxy) is 5. The Kier molecular flexibility index (Phi) is 7.10. The smallest absolute Gasteiger partial charge is 0.306 e. The molecule has 0 unspecified atom stereocenters. The number of carbonyl (C=O) groups is 2. The van der Waals surface area contributed by atoms with Gasteiger partial charge in [0.25, 0.3) is 0 Å². The third-order valence-electron chi connectivity index (χ3n) is 5.87. The van der Waals surface area contributed by atoms with Crippen molar-refractivity contribution in [3.05, 3.63) is 76.8 Å². The van der Waals surface area contributed by atoms with Crippen LogP contribution < -0.4 is 18.9 Å². The first kappa shape index (κ1) is 24.6. The summed E-state index contributed by atoms with van der Waals surface area (Å²) < 4.78 is 27.0. The summed E-state index contributed by atoms with van der Waals surface area (Å²) in [6.07, 6.45) is 4.66. The zero-order chi connectivity index (χ0) is 25.8. The third-order valence-corrected chi connectivity index (χ3v) is 5.87. The molecule has 4 rings (SSSR count). The molecule has 1 N–H and O–H groups in total. The minimum absolute atomic E-state index is 0.0362. The zero-order valence-corrected chi connectivity index (χ0v) is 20.2. The normalized spacial score (nSPS) is 14.1. The first-order valence-corrected chi connectivity index (χ1v) is 11.0. The van der Waals surface area contributed by atoms with Crippen LogP contribution >= 0.6 is 0 Å². The average molecular weight is 491 g/mol. The fourth-order valence-electron chi connectivity index (χ4n) is 4.15. The summed E-state index contributed by atoms with van der Waals surface area (Å²) in [7, 11) is 5.78. The van der Waals surface area contributed by atoms with E-state index in [2.05, 4.69) is 4.98 Å². The largest absolute Gasteiger partial charge is 0.508 e.